The molecule has 2 rings (SSSR count). The minimum atomic E-state index is -0.0603. The molecule has 23 heavy (non-hydrogen) atoms. The molecule has 0 saturated heterocycles. The Hall–Kier alpha value is -2.41. The molecule has 2 aromatic rings. The van der Waals surface area contributed by atoms with E-state index in [0.29, 0.717) is 29.6 Å². The molecule has 0 spiro atoms. The lowest BCUT2D eigenvalue weighted by molar-refractivity contribution is 0.0633. The van der Waals surface area contributed by atoms with Crippen molar-refractivity contribution in [2.24, 2.45) is 0 Å². The van der Waals surface area contributed by atoms with E-state index >= 15 is 0 Å². The number of ether oxygens (including phenoxy) is 2. The lowest BCUT2D eigenvalue weighted by Crippen LogP contribution is -2.37. The molecule has 0 radical (unpaired) electrons. The van der Waals surface area contributed by atoms with Crippen molar-refractivity contribution < 1.29 is 18.8 Å². The number of amides is 1. The Kier molecular flexibility index (Phi) is 5.70. The number of hydrogen-bond donors (Lipinski definition) is 0. The van der Waals surface area contributed by atoms with Crippen molar-refractivity contribution in [3.63, 3.8) is 0 Å². The van der Waals surface area contributed by atoms with Crippen molar-refractivity contribution in [1.82, 2.24) is 15.0 Å². The van der Waals surface area contributed by atoms with Crippen LogP contribution in [0.5, 0.6) is 5.75 Å². The van der Waals surface area contributed by atoms with Crippen LogP contribution in [0, 0.1) is 6.92 Å². The van der Waals surface area contributed by atoms with Crippen molar-refractivity contribution in [2.75, 3.05) is 20.8 Å². The molecule has 0 unspecified atom stereocenters. The zero-order valence-electron chi connectivity index (χ0n) is 13.8. The molecule has 0 aliphatic heterocycles. The molecule has 7 nitrogen and oxygen atoms in total. The number of rotatable bonds is 7. The van der Waals surface area contributed by atoms with Gasteiger partial charge in [-0.25, -0.2) is 0 Å². The van der Waals surface area contributed by atoms with Crippen LogP contribution in [0.25, 0.3) is 0 Å². The summed E-state index contributed by atoms with van der Waals surface area (Å²) in [4.78, 5) is 18.1. The van der Waals surface area contributed by atoms with Crippen LogP contribution in [0.3, 0.4) is 0 Å². The molecule has 1 amide bonds. The molecular formula is C16H21N3O4. The smallest absolute Gasteiger partial charge is 0.253 e. The van der Waals surface area contributed by atoms with Crippen molar-refractivity contribution in [1.29, 1.82) is 0 Å². The minimum Gasteiger partial charge on any atom is -0.485 e. The van der Waals surface area contributed by atoms with Gasteiger partial charge in [0.05, 0.1) is 12.6 Å². The van der Waals surface area contributed by atoms with Gasteiger partial charge in [0.1, 0.15) is 5.75 Å². The molecular weight excluding hydrogens is 298 g/mol. The maximum Gasteiger partial charge on any atom is 0.253 e. The lowest BCUT2D eigenvalue weighted by atomic mass is 10.1. The Balaban J connectivity index is 1.94. The van der Waals surface area contributed by atoms with Gasteiger partial charge in [0.15, 0.2) is 6.61 Å². The standard InChI is InChI=1S/C16H21N3O4/c1-11(9-21-4)19(3)16(20)13-5-7-14(8-6-13)22-10-15-17-12(2)23-18-15/h5-8,11H,9-10H2,1-4H3/t11-/m1/s1. The summed E-state index contributed by atoms with van der Waals surface area (Å²) in [7, 11) is 3.38. The summed E-state index contributed by atoms with van der Waals surface area (Å²) in [5.41, 5.74) is 0.596. The van der Waals surface area contributed by atoms with E-state index in [4.69, 9.17) is 14.0 Å². The average Bonchev–Trinajstić information content (AvgIpc) is 2.97. The van der Waals surface area contributed by atoms with Gasteiger partial charge in [0.2, 0.25) is 11.7 Å². The number of carbonyl (C=O) groups is 1. The van der Waals surface area contributed by atoms with Crippen molar-refractivity contribution in [3.8, 4) is 5.75 Å². The second-order valence-corrected chi connectivity index (χ2v) is 5.26. The van der Waals surface area contributed by atoms with Gasteiger partial charge >= 0.3 is 0 Å². The molecule has 0 saturated carbocycles. The van der Waals surface area contributed by atoms with Crippen molar-refractivity contribution in [3.05, 3.63) is 41.5 Å². The van der Waals surface area contributed by atoms with Gasteiger partial charge < -0.3 is 18.9 Å². The Morgan fingerprint density at radius 1 is 1.35 bits per heavy atom. The molecule has 7 heteroatoms. The third-order valence-electron chi connectivity index (χ3n) is 3.43. The normalized spacial score (nSPS) is 12.0. The maximum absolute atomic E-state index is 12.4. The Morgan fingerprint density at radius 2 is 2.04 bits per heavy atom. The Labute approximate surface area is 135 Å². The van der Waals surface area contributed by atoms with Crippen molar-refractivity contribution >= 4 is 5.91 Å². The van der Waals surface area contributed by atoms with Gasteiger partial charge in [-0.05, 0) is 31.2 Å². The van der Waals surface area contributed by atoms with Gasteiger partial charge in [-0.15, -0.1) is 0 Å². The van der Waals surface area contributed by atoms with Crippen LogP contribution in [0.15, 0.2) is 28.8 Å². The van der Waals surface area contributed by atoms with E-state index in [-0.39, 0.29) is 18.6 Å². The number of hydrogen-bond acceptors (Lipinski definition) is 6. The van der Waals surface area contributed by atoms with Crippen molar-refractivity contribution in [2.45, 2.75) is 26.5 Å². The largest absolute Gasteiger partial charge is 0.485 e. The fourth-order valence-corrected chi connectivity index (χ4v) is 2.00. The first-order valence-electron chi connectivity index (χ1n) is 7.29. The maximum atomic E-state index is 12.4. The summed E-state index contributed by atoms with van der Waals surface area (Å²) >= 11 is 0. The van der Waals surface area contributed by atoms with Gasteiger partial charge in [-0.2, -0.15) is 4.98 Å². The summed E-state index contributed by atoms with van der Waals surface area (Å²) in [5, 5.41) is 3.75. The molecule has 124 valence electrons. The fourth-order valence-electron chi connectivity index (χ4n) is 2.00. The van der Waals surface area contributed by atoms with Gasteiger partial charge in [-0.1, -0.05) is 5.16 Å². The highest BCUT2D eigenvalue weighted by Gasteiger charge is 2.17. The van der Waals surface area contributed by atoms with E-state index < -0.39 is 0 Å². The predicted octanol–water partition coefficient (Wildman–Crippen LogP) is 2.06. The van der Waals surface area contributed by atoms with Gasteiger partial charge in [0, 0.05) is 26.6 Å². The number of benzene rings is 1. The second kappa shape index (κ2) is 7.73. The summed E-state index contributed by atoms with van der Waals surface area (Å²) in [6.07, 6.45) is 0. The Morgan fingerprint density at radius 3 is 2.61 bits per heavy atom. The lowest BCUT2D eigenvalue weighted by Gasteiger charge is -2.24. The van der Waals surface area contributed by atoms with Crippen LogP contribution < -0.4 is 4.74 Å². The summed E-state index contributed by atoms with van der Waals surface area (Å²) < 4.78 is 15.5. The van der Waals surface area contributed by atoms with Crippen LogP contribution in [0.2, 0.25) is 0 Å². The van der Waals surface area contributed by atoms with Crippen LogP contribution in [0.1, 0.15) is 29.0 Å². The first-order chi connectivity index (χ1) is 11.0. The van der Waals surface area contributed by atoms with Crippen LogP contribution in [0.4, 0.5) is 0 Å². The quantitative estimate of drug-likeness (QED) is 0.777. The number of likely N-dealkylation sites (N-methyl/N-ethyl adjacent to an activating group) is 1. The summed E-state index contributed by atoms with van der Waals surface area (Å²) in [5.74, 6) is 1.56. The molecule has 0 aliphatic rings. The van der Waals surface area contributed by atoms with E-state index in [1.165, 1.54) is 0 Å². The van der Waals surface area contributed by atoms with Gasteiger partial charge in [-0.3, -0.25) is 4.79 Å². The highest BCUT2D eigenvalue weighted by atomic mass is 16.5. The number of aromatic nitrogens is 2. The van der Waals surface area contributed by atoms with E-state index in [1.807, 2.05) is 6.92 Å². The molecule has 0 bridgehead atoms. The molecule has 1 atom stereocenters. The first kappa shape index (κ1) is 17.0. The number of nitrogens with zero attached hydrogens (tertiary/aromatic N) is 3. The van der Waals surface area contributed by atoms with Crippen LogP contribution in [-0.4, -0.2) is 47.8 Å². The molecule has 1 aromatic heterocycles. The predicted molar refractivity (Wildman–Crippen MR) is 83.2 cm³/mol. The average molecular weight is 319 g/mol. The molecule has 0 N–H and O–H groups in total. The topological polar surface area (TPSA) is 77.7 Å². The zero-order chi connectivity index (χ0) is 16.8. The number of carbonyl (C=O) groups excluding carboxylic acids is 1. The van der Waals surface area contributed by atoms with E-state index in [2.05, 4.69) is 10.1 Å². The SMILES string of the molecule is COC[C@@H](C)N(C)C(=O)c1ccc(OCc2noc(C)n2)cc1. The van der Waals surface area contributed by atoms with E-state index in [9.17, 15) is 4.79 Å². The third kappa shape index (κ3) is 4.53. The number of methoxy groups -OCH3 is 1. The highest BCUT2D eigenvalue weighted by Crippen LogP contribution is 2.15. The molecule has 1 aromatic carbocycles. The molecule has 0 aliphatic carbocycles. The Bertz CT molecular complexity index is 639. The molecule has 0 fully saturated rings. The zero-order valence-corrected chi connectivity index (χ0v) is 13.8. The van der Waals surface area contributed by atoms with E-state index in [0.717, 1.165) is 0 Å². The number of aryl methyl sites for hydroxylation is 1. The molecule has 1 heterocycles. The van der Waals surface area contributed by atoms with Gasteiger partial charge in [0.25, 0.3) is 5.91 Å². The first-order valence-corrected chi connectivity index (χ1v) is 7.29. The van der Waals surface area contributed by atoms with E-state index in [1.54, 1.807) is 50.2 Å². The fraction of sp³-hybridized carbons (Fsp3) is 0.438. The van der Waals surface area contributed by atoms with Crippen LogP contribution in [-0.2, 0) is 11.3 Å². The summed E-state index contributed by atoms with van der Waals surface area (Å²) in [6.45, 7) is 4.37. The summed E-state index contributed by atoms with van der Waals surface area (Å²) in [6, 6.07) is 6.96. The second-order valence-electron chi connectivity index (χ2n) is 5.26. The minimum absolute atomic E-state index is 0.00454. The van der Waals surface area contributed by atoms with Crippen LogP contribution >= 0.6 is 0 Å². The monoisotopic (exact) mass is 319 g/mol. The highest BCUT2D eigenvalue weighted by molar-refractivity contribution is 5.94. The third-order valence-corrected chi connectivity index (χ3v) is 3.43.